The van der Waals surface area contributed by atoms with Crippen molar-refractivity contribution in [3.8, 4) is 0 Å². The van der Waals surface area contributed by atoms with E-state index in [-0.39, 0.29) is 50.9 Å². The maximum absolute atomic E-state index is 9.37. The van der Waals surface area contributed by atoms with E-state index in [1.807, 2.05) is 36.4 Å². The van der Waals surface area contributed by atoms with Gasteiger partial charge in [0.15, 0.2) is 6.10 Å². The number of ketones is 2. The number of aliphatic hydroxyl groups is 2. The fourth-order valence-corrected chi connectivity index (χ4v) is 10.6. The fraction of sp³-hybridized carbons (Fsp3) is 0.569. The van der Waals surface area contributed by atoms with E-state index in [2.05, 4.69) is 59.8 Å². The van der Waals surface area contributed by atoms with E-state index in [0.29, 0.717) is 34.5 Å². The second-order valence-corrected chi connectivity index (χ2v) is 17.9. The zero-order valence-electron chi connectivity index (χ0n) is 37.1. The van der Waals surface area contributed by atoms with Crippen LogP contribution in [0.4, 0.5) is 0 Å². The van der Waals surface area contributed by atoms with Crippen LogP contribution in [0.5, 0.6) is 0 Å². The van der Waals surface area contributed by atoms with Gasteiger partial charge in [-0.1, -0.05) is 102 Å². The molecule has 2 aromatic carbocycles. The Hall–Kier alpha value is -3.03. The van der Waals surface area contributed by atoms with Crippen LogP contribution in [0.2, 0.25) is 0 Å². The van der Waals surface area contributed by atoms with Gasteiger partial charge < -0.3 is 20.4 Å². The van der Waals surface area contributed by atoms with Crippen molar-refractivity contribution in [1.29, 1.82) is 0 Å². The molecule has 4 aliphatic carbocycles. The van der Waals surface area contributed by atoms with Crippen LogP contribution in [0, 0.1) is 52.3 Å². The molecule has 318 valence electrons. The largest absolute Gasteiger partial charge is 0.512 e. The standard InChI is InChI=1S/C29H48O.2C10H10O2.C2H6O.Ti/c1-7-21(19(2)3)9-8-20(4)25-12-13-26-24-11-10-22-18-23(30)14-16-28(22,5)27(24)15-17-29(25,26)6;2*1-8(11)7-10(12)9-5-3-2-4-6-9;1-2-3;/h8-10,19-21,23-27,30H,7,11-18H2,1-6H3;2*2-7,11H,1H3;3H,2H2,1H3;/p+4/b;2*8-7-;;. The molecule has 0 radical (unpaired) electrons. The first-order chi connectivity index (χ1) is 27.0. The van der Waals surface area contributed by atoms with E-state index in [9.17, 15) is 9.59 Å². The van der Waals surface area contributed by atoms with Gasteiger partial charge in [0.1, 0.15) is 6.61 Å². The monoisotopic (exact) mass is 835 g/mol. The Kier molecular flexibility index (Phi) is 21.4. The molecule has 3 fully saturated rings. The Morgan fingerprint density at radius 3 is 1.78 bits per heavy atom. The molecular weight excluding hydrogens is 756 g/mol. The third-order valence-corrected chi connectivity index (χ3v) is 13.6. The van der Waals surface area contributed by atoms with Crippen LogP contribution in [0.15, 0.2) is 108 Å². The average Bonchev–Trinajstić information content (AvgIpc) is 3.53. The Bertz CT molecular complexity index is 1610. The van der Waals surface area contributed by atoms with Gasteiger partial charge in [0.25, 0.3) is 0 Å². The summed E-state index contributed by atoms with van der Waals surface area (Å²) in [6.45, 7) is 20.2. The molecule has 0 spiro atoms. The minimum absolute atomic E-state index is 0. The van der Waals surface area contributed by atoms with Crippen LogP contribution in [0.25, 0.3) is 0 Å². The number of hydrogen-bond donors (Lipinski definition) is 2. The second kappa shape index (κ2) is 24.3. The van der Waals surface area contributed by atoms with Crippen molar-refractivity contribution >= 4 is 11.6 Å². The van der Waals surface area contributed by atoms with E-state index in [0.717, 1.165) is 48.3 Å². The van der Waals surface area contributed by atoms with E-state index < -0.39 is 0 Å². The molecule has 3 saturated carbocycles. The maximum atomic E-state index is 9.37. The molecule has 8 N–H and O–H groups in total. The van der Waals surface area contributed by atoms with Crippen molar-refractivity contribution in [2.75, 3.05) is 6.61 Å². The van der Waals surface area contributed by atoms with Crippen molar-refractivity contribution in [2.45, 2.75) is 126 Å². The van der Waals surface area contributed by atoms with Gasteiger partial charge in [0.05, 0.1) is 34.8 Å². The predicted octanol–water partition coefficient (Wildman–Crippen LogP) is 11.3. The van der Waals surface area contributed by atoms with E-state index in [4.69, 9.17) is 20.4 Å². The van der Waals surface area contributed by atoms with Crippen LogP contribution in [-0.2, 0) is 21.7 Å². The van der Waals surface area contributed by atoms with Gasteiger partial charge in [-0.05, 0) is 135 Å². The predicted molar refractivity (Wildman–Crippen MR) is 241 cm³/mol. The number of allylic oxidation sites excluding steroid dienone is 7. The fourth-order valence-electron chi connectivity index (χ4n) is 10.6. The molecule has 9 unspecified atom stereocenters. The first-order valence-corrected chi connectivity index (χ1v) is 21.7. The summed E-state index contributed by atoms with van der Waals surface area (Å²) < 4.78 is 0. The first kappa shape index (κ1) is 51.1. The summed E-state index contributed by atoms with van der Waals surface area (Å²) in [6, 6.07) is 18.1. The number of aliphatic hydroxyl groups excluding tert-OH is 2. The minimum Gasteiger partial charge on any atom is -0.512 e. The van der Waals surface area contributed by atoms with Crippen molar-refractivity contribution in [1.82, 2.24) is 0 Å². The Morgan fingerprint density at radius 1 is 0.793 bits per heavy atom. The third kappa shape index (κ3) is 13.8. The number of rotatable bonds is 9. The van der Waals surface area contributed by atoms with Gasteiger partial charge in [-0.3, -0.25) is 9.59 Å². The molecule has 2 aromatic rings. The summed E-state index contributed by atoms with van der Waals surface area (Å²) in [5.41, 5.74) is 4.02. The summed E-state index contributed by atoms with van der Waals surface area (Å²) >= 11 is 0. The van der Waals surface area contributed by atoms with Crippen molar-refractivity contribution in [3.63, 3.8) is 0 Å². The zero-order chi connectivity index (χ0) is 42.3. The van der Waals surface area contributed by atoms with E-state index in [1.54, 1.807) is 36.8 Å². The van der Waals surface area contributed by atoms with Crippen LogP contribution in [0.1, 0.15) is 131 Å². The van der Waals surface area contributed by atoms with Gasteiger partial charge in [0, 0.05) is 41.5 Å². The SMILES string of the molecule is C/C(O)=C/C(=[OH+])c1ccccc1.C/C(O)=C/C(=[OH+])c1ccccc1.CCC(C=CC(C)C1CCC2C3CC=C4CC([OH2+])CCC4(C)C3CCC12C)C(C)C.CC[OH2+].[Ti]. The second-order valence-electron chi connectivity index (χ2n) is 17.9. The van der Waals surface area contributed by atoms with Gasteiger partial charge in [-0.15, -0.1) is 0 Å². The maximum Gasteiger partial charge on any atom is 0.350 e. The minimum atomic E-state index is 0. The summed E-state index contributed by atoms with van der Waals surface area (Å²) in [4.78, 5) is 18.7. The van der Waals surface area contributed by atoms with Crippen molar-refractivity contribution < 1.29 is 51.7 Å². The van der Waals surface area contributed by atoms with Gasteiger partial charge in [-0.2, -0.15) is 0 Å². The number of fused-ring (bicyclic) bond motifs is 5. The van der Waals surface area contributed by atoms with E-state index in [1.165, 1.54) is 70.9 Å². The molecule has 7 heteroatoms. The van der Waals surface area contributed by atoms with Crippen LogP contribution in [0.3, 0.4) is 0 Å². The van der Waals surface area contributed by atoms with Crippen LogP contribution in [-0.4, -0.2) is 54.3 Å². The normalized spacial score (nSPS) is 28.6. The molecule has 0 amide bonds. The topological polar surface area (TPSA) is 129 Å². The van der Waals surface area contributed by atoms with Crippen molar-refractivity contribution in [3.05, 3.63) is 119 Å². The number of carbonyl (C=O) groups excluding carboxylic acids is 2. The van der Waals surface area contributed by atoms with Crippen LogP contribution >= 0.6 is 0 Å². The van der Waals surface area contributed by atoms with Crippen molar-refractivity contribution in [2.24, 2.45) is 52.3 Å². The quantitative estimate of drug-likeness (QED) is 0.0651. The molecule has 0 bridgehead atoms. The number of benzene rings is 2. The molecule has 0 heterocycles. The molecular formula is C51H78O6Ti+4. The Labute approximate surface area is 365 Å². The summed E-state index contributed by atoms with van der Waals surface area (Å²) in [5.74, 6) is 6.13. The van der Waals surface area contributed by atoms with Gasteiger partial charge in [-0.25, -0.2) is 0 Å². The molecule has 4 aliphatic rings. The summed E-state index contributed by atoms with van der Waals surface area (Å²) in [5, 5.41) is 32.2. The molecule has 6 rings (SSSR count). The molecule has 9 atom stereocenters. The third-order valence-electron chi connectivity index (χ3n) is 13.6. The molecule has 0 aliphatic heterocycles. The average molecular weight is 835 g/mol. The Morgan fingerprint density at radius 2 is 1.31 bits per heavy atom. The first-order valence-electron chi connectivity index (χ1n) is 21.7. The van der Waals surface area contributed by atoms with Gasteiger partial charge >= 0.3 is 11.6 Å². The Balaban J connectivity index is 0.000000342. The molecule has 6 nitrogen and oxygen atoms in total. The molecule has 58 heavy (non-hydrogen) atoms. The smallest absolute Gasteiger partial charge is 0.350 e. The molecule has 0 saturated heterocycles. The van der Waals surface area contributed by atoms with Gasteiger partial charge in [0.2, 0.25) is 0 Å². The number of hydrogen-bond acceptors (Lipinski definition) is 2. The zero-order valence-corrected chi connectivity index (χ0v) is 38.7. The molecule has 0 aromatic heterocycles. The summed E-state index contributed by atoms with van der Waals surface area (Å²) in [6.07, 6.45) is 22.4. The summed E-state index contributed by atoms with van der Waals surface area (Å²) in [7, 11) is 0. The van der Waals surface area contributed by atoms with Crippen LogP contribution < -0.4 is 0 Å². The van der Waals surface area contributed by atoms with E-state index >= 15 is 0 Å².